The molecule has 0 aromatic heterocycles. The first-order valence-electron chi connectivity index (χ1n) is 7.14. The molecular formula is C18H17FN2. The molecule has 3 heteroatoms. The van der Waals surface area contributed by atoms with Crippen LogP contribution >= 0.6 is 0 Å². The normalized spacial score (nSPS) is 16.4. The molecule has 1 atom stereocenters. The first-order valence-corrected chi connectivity index (χ1v) is 7.14. The molecule has 1 N–H and O–H groups in total. The van der Waals surface area contributed by atoms with E-state index in [0.29, 0.717) is 16.8 Å². The van der Waals surface area contributed by atoms with Gasteiger partial charge in [0.2, 0.25) is 0 Å². The zero-order valence-corrected chi connectivity index (χ0v) is 12.2. The second-order valence-corrected chi connectivity index (χ2v) is 5.68. The van der Waals surface area contributed by atoms with E-state index in [-0.39, 0.29) is 11.9 Å². The Balaban J connectivity index is 1.95. The molecule has 21 heavy (non-hydrogen) atoms. The number of fused-ring (bicyclic) bond motifs is 1. The van der Waals surface area contributed by atoms with Gasteiger partial charge < -0.3 is 5.32 Å². The van der Waals surface area contributed by atoms with Crippen LogP contribution in [0.15, 0.2) is 30.3 Å². The molecule has 0 fully saturated rings. The van der Waals surface area contributed by atoms with Crippen LogP contribution in [0.3, 0.4) is 0 Å². The molecular weight excluding hydrogens is 263 g/mol. The summed E-state index contributed by atoms with van der Waals surface area (Å²) >= 11 is 0. The van der Waals surface area contributed by atoms with Crippen molar-refractivity contribution in [1.82, 2.24) is 0 Å². The molecule has 0 radical (unpaired) electrons. The fourth-order valence-corrected chi connectivity index (χ4v) is 2.95. The smallest absolute Gasteiger partial charge is 0.129 e. The molecule has 0 saturated heterocycles. The Hall–Kier alpha value is -2.34. The Morgan fingerprint density at radius 1 is 1.24 bits per heavy atom. The maximum absolute atomic E-state index is 13.9. The number of halogens is 1. The van der Waals surface area contributed by atoms with Gasteiger partial charge in [0.05, 0.1) is 17.7 Å². The lowest BCUT2D eigenvalue weighted by atomic mass is 10.0. The highest BCUT2D eigenvalue weighted by Crippen LogP contribution is 2.35. The lowest BCUT2D eigenvalue weighted by molar-refractivity contribution is 0.617. The number of aryl methyl sites for hydroxylation is 2. The molecule has 0 saturated carbocycles. The van der Waals surface area contributed by atoms with Crippen LogP contribution in [0.5, 0.6) is 0 Å². The van der Waals surface area contributed by atoms with E-state index in [1.165, 1.54) is 22.8 Å². The van der Waals surface area contributed by atoms with Crippen molar-refractivity contribution in [3.63, 3.8) is 0 Å². The molecule has 2 nitrogen and oxygen atoms in total. The molecule has 1 unspecified atom stereocenters. The minimum Gasteiger partial charge on any atom is -0.378 e. The van der Waals surface area contributed by atoms with Gasteiger partial charge in [-0.3, -0.25) is 0 Å². The number of anilines is 1. The van der Waals surface area contributed by atoms with Crippen LogP contribution in [0, 0.1) is 31.0 Å². The zero-order valence-electron chi connectivity index (χ0n) is 12.2. The van der Waals surface area contributed by atoms with Crippen molar-refractivity contribution in [2.45, 2.75) is 32.7 Å². The van der Waals surface area contributed by atoms with Gasteiger partial charge in [-0.2, -0.15) is 5.26 Å². The number of benzene rings is 2. The standard InChI is InChI=1S/C18H17FN2/c1-11-3-4-14-5-6-17(15(14)7-11)21-18-9-13(10-20)8-16(19)12(18)2/h3-4,7-9,17,21H,5-6H2,1-2H3. The van der Waals surface area contributed by atoms with Crippen molar-refractivity contribution in [3.05, 3.63) is 64.0 Å². The van der Waals surface area contributed by atoms with Crippen molar-refractivity contribution < 1.29 is 4.39 Å². The van der Waals surface area contributed by atoms with Crippen molar-refractivity contribution in [2.75, 3.05) is 5.32 Å². The second-order valence-electron chi connectivity index (χ2n) is 5.68. The topological polar surface area (TPSA) is 35.8 Å². The molecule has 2 aromatic carbocycles. The molecule has 0 amide bonds. The summed E-state index contributed by atoms with van der Waals surface area (Å²) in [4.78, 5) is 0. The highest BCUT2D eigenvalue weighted by atomic mass is 19.1. The summed E-state index contributed by atoms with van der Waals surface area (Å²) in [5, 5.41) is 12.4. The van der Waals surface area contributed by atoms with Crippen LogP contribution in [-0.4, -0.2) is 0 Å². The number of nitrogens with zero attached hydrogens (tertiary/aromatic N) is 1. The average molecular weight is 280 g/mol. The summed E-state index contributed by atoms with van der Waals surface area (Å²) in [6.07, 6.45) is 2.03. The van der Waals surface area contributed by atoms with Crippen molar-refractivity contribution >= 4 is 5.69 Å². The third kappa shape index (κ3) is 2.50. The van der Waals surface area contributed by atoms with Gasteiger partial charge in [0, 0.05) is 11.3 Å². The Labute approximate surface area is 124 Å². The Morgan fingerprint density at radius 3 is 2.81 bits per heavy atom. The number of hydrogen-bond acceptors (Lipinski definition) is 2. The molecule has 106 valence electrons. The molecule has 1 aliphatic rings. The zero-order chi connectivity index (χ0) is 15.0. The van der Waals surface area contributed by atoms with Gasteiger partial charge in [-0.05, 0) is 49.9 Å². The van der Waals surface area contributed by atoms with Crippen LogP contribution in [-0.2, 0) is 6.42 Å². The van der Waals surface area contributed by atoms with Crippen LogP contribution in [0.4, 0.5) is 10.1 Å². The minimum atomic E-state index is -0.334. The van der Waals surface area contributed by atoms with Crippen molar-refractivity contribution in [3.8, 4) is 6.07 Å². The molecule has 0 bridgehead atoms. The van der Waals surface area contributed by atoms with E-state index < -0.39 is 0 Å². The Kier molecular flexibility index (Phi) is 3.39. The van der Waals surface area contributed by atoms with Crippen LogP contribution in [0.25, 0.3) is 0 Å². The van der Waals surface area contributed by atoms with Crippen LogP contribution in [0.2, 0.25) is 0 Å². The number of hydrogen-bond donors (Lipinski definition) is 1. The van der Waals surface area contributed by atoms with Crippen LogP contribution in [0.1, 0.15) is 40.3 Å². The van der Waals surface area contributed by atoms with Crippen molar-refractivity contribution in [2.24, 2.45) is 0 Å². The van der Waals surface area contributed by atoms with Gasteiger partial charge in [-0.15, -0.1) is 0 Å². The summed E-state index contributed by atoms with van der Waals surface area (Å²) in [5.74, 6) is -0.334. The average Bonchev–Trinajstić information content (AvgIpc) is 2.86. The maximum Gasteiger partial charge on any atom is 0.129 e. The highest BCUT2D eigenvalue weighted by Gasteiger charge is 2.23. The summed E-state index contributed by atoms with van der Waals surface area (Å²) in [6.45, 7) is 3.82. The van der Waals surface area contributed by atoms with Gasteiger partial charge in [0.15, 0.2) is 0 Å². The largest absolute Gasteiger partial charge is 0.378 e. The Bertz CT molecular complexity index is 744. The summed E-state index contributed by atoms with van der Waals surface area (Å²) < 4.78 is 13.9. The number of rotatable bonds is 2. The van der Waals surface area contributed by atoms with E-state index >= 15 is 0 Å². The predicted octanol–water partition coefficient (Wildman–Crippen LogP) is 4.41. The molecule has 0 heterocycles. The van der Waals surface area contributed by atoms with E-state index in [0.717, 1.165) is 12.8 Å². The molecule has 0 aliphatic heterocycles. The summed E-state index contributed by atoms with van der Waals surface area (Å²) in [5.41, 5.74) is 5.50. The first-order chi connectivity index (χ1) is 10.1. The van der Waals surface area contributed by atoms with E-state index in [1.807, 2.05) is 6.07 Å². The molecule has 0 spiro atoms. The third-order valence-electron chi connectivity index (χ3n) is 4.18. The SMILES string of the molecule is Cc1ccc2c(c1)C(Nc1cc(C#N)cc(F)c1C)CC2. The maximum atomic E-state index is 13.9. The Morgan fingerprint density at radius 2 is 2.05 bits per heavy atom. The fourth-order valence-electron chi connectivity index (χ4n) is 2.95. The van der Waals surface area contributed by atoms with Gasteiger partial charge >= 0.3 is 0 Å². The number of nitriles is 1. The van der Waals surface area contributed by atoms with E-state index in [1.54, 1.807) is 13.0 Å². The summed E-state index contributed by atoms with van der Waals surface area (Å²) in [6, 6.07) is 11.7. The molecule has 2 aromatic rings. The van der Waals surface area contributed by atoms with Crippen molar-refractivity contribution in [1.29, 1.82) is 5.26 Å². The molecule has 3 rings (SSSR count). The third-order valence-corrected chi connectivity index (χ3v) is 4.18. The van der Waals surface area contributed by atoms with Gasteiger partial charge in [-0.25, -0.2) is 4.39 Å². The van der Waals surface area contributed by atoms with Gasteiger partial charge in [0.1, 0.15) is 5.82 Å². The quantitative estimate of drug-likeness (QED) is 0.884. The lowest BCUT2D eigenvalue weighted by Crippen LogP contribution is -2.09. The van der Waals surface area contributed by atoms with E-state index in [2.05, 4.69) is 30.4 Å². The van der Waals surface area contributed by atoms with Gasteiger partial charge in [-0.1, -0.05) is 23.8 Å². The lowest BCUT2D eigenvalue weighted by Gasteiger charge is -2.18. The number of nitrogens with one attached hydrogen (secondary N) is 1. The fraction of sp³-hybridized carbons (Fsp3) is 0.278. The van der Waals surface area contributed by atoms with Gasteiger partial charge in [0.25, 0.3) is 0 Å². The summed E-state index contributed by atoms with van der Waals surface area (Å²) in [7, 11) is 0. The van der Waals surface area contributed by atoms with E-state index in [4.69, 9.17) is 5.26 Å². The highest BCUT2D eigenvalue weighted by molar-refractivity contribution is 5.58. The van der Waals surface area contributed by atoms with E-state index in [9.17, 15) is 4.39 Å². The minimum absolute atomic E-state index is 0.187. The van der Waals surface area contributed by atoms with Crippen LogP contribution < -0.4 is 5.32 Å². The predicted molar refractivity (Wildman–Crippen MR) is 81.7 cm³/mol. The first kappa shape index (κ1) is 13.6. The molecule has 1 aliphatic carbocycles. The monoisotopic (exact) mass is 280 g/mol. The second kappa shape index (κ2) is 5.21.